The van der Waals surface area contributed by atoms with Crippen LogP contribution in [0.1, 0.15) is 68.7 Å². The summed E-state index contributed by atoms with van der Waals surface area (Å²) in [4.78, 5) is 11.4. The van der Waals surface area contributed by atoms with Crippen LogP contribution in [0.2, 0.25) is 0 Å². The van der Waals surface area contributed by atoms with E-state index in [0.29, 0.717) is 22.4 Å². The second-order valence-corrected chi connectivity index (χ2v) is 11.2. The number of ether oxygens (including phenoxy) is 3. The number of methoxy groups -OCH3 is 2. The third kappa shape index (κ3) is 6.59. The molecule has 3 aromatic carbocycles. The highest BCUT2D eigenvalue weighted by Gasteiger charge is 2.36. The molecule has 0 saturated heterocycles. The summed E-state index contributed by atoms with van der Waals surface area (Å²) in [7, 11) is 3.16. The summed E-state index contributed by atoms with van der Waals surface area (Å²) in [6.45, 7) is 6.21. The van der Waals surface area contributed by atoms with E-state index in [2.05, 4.69) is 0 Å². The van der Waals surface area contributed by atoms with Crippen molar-refractivity contribution in [3.8, 4) is 22.6 Å². The predicted octanol–water partition coefficient (Wildman–Crippen LogP) is 7.92. The van der Waals surface area contributed by atoms with Gasteiger partial charge >= 0.3 is 5.97 Å². The molecule has 0 unspecified atom stereocenters. The van der Waals surface area contributed by atoms with Crippen LogP contribution < -0.4 is 9.47 Å². The minimum absolute atomic E-state index is 0.0713. The SMILES string of the molecule is COc1ccc(F)c(-c2ccc(COc3cccc([C@@H](CC(=O)O)C4CC4)c3F)cc2[C@@H](OC)C(C)(C)C)c1. The van der Waals surface area contributed by atoms with Crippen molar-refractivity contribution in [3.63, 3.8) is 0 Å². The molecule has 2 atom stereocenters. The van der Waals surface area contributed by atoms with Crippen LogP contribution in [0.25, 0.3) is 11.1 Å². The first kappa shape index (κ1) is 28.6. The van der Waals surface area contributed by atoms with Crippen LogP contribution in [0.5, 0.6) is 11.5 Å². The third-order valence-electron chi connectivity index (χ3n) is 7.26. The fourth-order valence-electron chi connectivity index (χ4n) is 5.25. The van der Waals surface area contributed by atoms with Crippen LogP contribution in [0.15, 0.2) is 54.6 Å². The minimum Gasteiger partial charge on any atom is -0.497 e. The molecule has 0 spiro atoms. The Kier molecular flexibility index (Phi) is 8.60. The van der Waals surface area contributed by atoms with Crippen LogP contribution in [0.3, 0.4) is 0 Å². The standard InChI is InChI=1S/C32H36F2O5/c1-32(2,3)31(38-5)26-15-19(9-13-22(26)25-16-21(37-4)12-14-27(25)33)18-39-28-8-6-7-23(30(28)34)24(17-29(35)36)20-10-11-20/h6-9,12-16,20,24,31H,10-11,17-18H2,1-5H3,(H,35,36)/t24-,31+/m0/s1. The molecule has 3 aromatic rings. The van der Waals surface area contributed by atoms with E-state index in [0.717, 1.165) is 24.0 Å². The van der Waals surface area contributed by atoms with E-state index in [1.54, 1.807) is 37.4 Å². The maximum atomic E-state index is 15.5. The Morgan fingerprint density at radius 3 is 2.36 bits per heavy atom. The molecular formula is C32H36F2O5. The molecule has 208 valence electrons. The van der Waals surface area contributed by atoms with Gasteiger partial charge in [0.05, 0.1) is 19.6 Å². The fraction of sp³-hybridized carbons (Fsp3) is 0.406. The van der Waals surface area contributed by atoms with Gasteiger partial charge in [-0.15, -0.1) is 0 Å². The summed E-state index contributed by atoms with van der Waals surface area (Å²) in [5.41, 5.74) is 2.69. The van der Waals surface area contributed by atoms with E-state index < -0.39 is 11.8 Å². The Balaban J connectivity index is 1.67. The maximum Gasteiger partial charge on any atom is 0.303 e. The summed E-state index contributed by atoms with van der Waals surface area (Å²) in [5.74, 6) is -1.41. The molecular weight excluding hydrogens is 502 g/mol. The van der Waals surface area contributed by atoms with Gasteiger partial charge in [-0.25, -0.2) is 8.78 Å². The third-order valence-corrected chi connectivity index (χ3v) is 7.26. The Hall–Kier alpha value is -3.45. The summed E-state index contributed by atoms with van der Waals surface area (Å²) >= 11 is 0. The second-order valence-electron chi connectivity index (χ2n) is 11.2. The highest BCUT2D eigenvalue weighted by atomic mass is 19.1. The van der Waals surface area contributed by atoms with Gasteiger partial charge < -0.3 is 19.3 Å². The molecule has 7 heteroatoms. The van der Waals surface area contributed by atoms with Gasteiger partial charge in [0.25, 0.3) is 0 Å². The fourth-order valence-corrected chi connectivity index (χ4v) is 5.25. The van der Waals surface area contributed by atoms with Crippen molar-refractivity contribution < 1.29 is 32.9 Å². The van der Waals surface area contributed by atoms with E-state index in [9.17, 15) is 14.3 Å². The quantitative estimate of drug-likeness (QED) is 0.269. The Morgan fingerprint density at radius 1 is 1.00 bits per heavy atom. The maximum absolute atomic E-state index is 15.5. The Labute approximate surface area is 228 Å². The first-order chi connectivity index (χ1) is 18.5. The van der Waals surface area contributed by atoms with Gasteiger partial charge in [-0.3, -0.25) is 4.79 Å². The lowest BCUT2D eigenvalue weighted by molar-refractivity contribution is -0.137. The number of rotatable bonds is 11. The van der Waals surface area contributed by atoms with Crippen LogP contribution in [-0.4, -0.2) is 25.3 Å². The number of hydrogen-bond acceptors (Lipinski definition) is 4. The average Bonchev–Trinajstić information content (AvgIpc) is 3.72. The van der Waals surface area contributed by atoms with Crippen molar-refractivity contribution in [2.24, 2.45) is 11.3 Å². The van der Waals surface area contributed by atoms with Crippen molar-refractivity contribution in [3.05, 3.63) is 82.9 Å². The lowest BCUT2D eigenvalue weighted by Gasteiger charge is -2.32. The van der Waals surface area contributed by atoms with Crippen LogP contribution in [-0.2, 0) is 16.1 Å². The smallest absolute Gasteiger partial charge is 0.303 e. The summed E-state index contributed by atoms with van der Waals surface area (Å²) in [6, 6.07) is 15.1. The van der Waals surface area contributed by atoms with E-state index >= 15 is 4.39 Å². The number of carbonyl (C=O) groups is 1. The predicted molar refractivity (Wildman–Crippen MR) is 146 cm³/mol. The zero-order valence-electron chi connectivity index (χ0n) is 23.1. The molecule has 1 aliphatic carbocycles. The van der Waals surface area contributed by atoms with E-state index in [1.807, 2.05) is 39.0 Å². The van der Waals surface area contributed by atoms with E-state index in [4.69, 9.17) is 14.2 Å². The summed E-state index contributed by atoms with van der Waals surface area (Å²) < 4.78 is 47.6. The number of benzene rings is 3. The topological polar surface area (TPSA) is 65.0 Å². The number of halogens is 2. The number of hydrogen-bond donors (Lipinski definition) is 1. The van der Waals surface area contributed by atoms with Crippen LogP contribution in [0.4, 0.5) is 8.78 Å². The lowest BCUT2D eigenvalue weighted by atomic mass is 9.81. The van der Waals surface area contributed by atoms with Crippen LogP contribution >= 0.6 is 0 Å². The van der Waals surface area contributed by atoms with Gasteiger partial charge in [-0.2, -0.15) is 0 Å². The molecule has 39 heavy (non-hydrogen) atoms. The molecule has 0 radical (unpaired) electrons. The Bertz CT molecular complexity index is 1330. The van der Waals surface area contributed by atoms with E-state index in [-0.39, 0.29) is 47.9 Å². The second kappa shape index (κ2) is 11.7. The van der Waals surface area contributed by atoms with E-state index in [1.165, 1.54) is 13.2 Å². The number of aliphatic carboxylic acids is 1. The minimum atomic E-state index is -0.941. The van der Waals surface area contributed by atoms with Crippen molar-refractivity contribution in [2.45, 2.75) is 58.7 Å². The molecule has 0 heterocycles. The number of carboxylic acid groups (broad SMARTS) is 1. The lowest BCUT2D eigenvalue weighted by Crippen LogP contribution is -2.21. The van der Waals surface area contributed by atoms with Gasteiger partial charge in [0.1, 0.15) is 18.2 Å². The molecule has 0 bridgehead atoms. The zero-order valence-corrected chi connectivity index (χ0v) is 23.1. The normalized spacial score (nSPS) is 15.1. The molecule has 1 fully saturated rings. The van der Waals surface area contributed by atoms with Gasteiger partial charge in [-0.1, -0.05) is 45.0 Å². The molecule has 1 N–H and O–H groups in total. The summed E-state index contributed by atoms with van der Waals surface area (Å²) in [6.07, 6.45) is 1.33. The van der Waals surface area contributed by atoms with Gasteiger partial charge in [-0.05, 0) is 76.8 Å². The monoisotopic (exact) mass is 538 g/mol. The molecule has 4 rings (SSSR count). The first-order valence-corrected chi connectivity index (χ1v) is 13.2. The van der Waals surface area contributed by atoms with Crippen molar-refractivity contribution in [1.29, 1.82) is 0 Å². The summed E-state index contributed by atoms with van der Waals surface area (Å²) in [5, 5.41) is 9.34. The highest BCUT2D eigenvalue weighted by molar-refractivity contribution is 5.71. The zero-order chi connectivity index (χ0) is 28.3. The van der Waals surface area contributed by atoms with Crippen LogP contribution in [0, 0.1) is 23.0 Å². The molecule has 1 aliphatic rings. The first-order valence-electron chi connectivity index (χ1n) is 13.2. The van der Waals surface area contributed by atoms with Crippen molar-refractivity contribution in [1.82, 2.24) is 0 Å². The average molecular weight is 539 g/mol. The molecule has 0 aliphatic heterocycles. The van der Waals surface area contributed by atoms with Gasteiger partial charge in [0.2, 0.25) is 0 Å². The highest BCUT2D eigenvalue weighted by Crippen LogP contribution is 2.46. The molecule has 1 saturated carbocycles. The largest absolute Gasteiger partial charge is 0.497 e. The Morgan fingerprint density at radius 2 is 1.74 bits per heavy atom. The van der Waals surface area contributed by atoms with Crippen molar-refractivity contribution >= 4 is 5.97 Å². The molecule has 5 nitrogen and oxygen atoms in total. The van der Waals surface area contributed by atoms with Crippen molar-refractivity contribution in [2.75, 3.05) is 14.2 Å². The molecule has 0 amide bonds. The number of carboxylic acids is 1. The van der Waals surface area contributed by atoms with Gasteiger partial charge in [0, 0.05) is 18.6 Å². The molecule has 0 aromatic heterocycles. The van der Waals surface area contributed by atoms with Gasteiger partial charge in [0.15, 0.2) is 11.6 Å².